The standard InChI is InChI=1S/C20H24N4O3/c25-19(23-16-11-14-3-4-15(16)22-14)13-2-1-12-9-18(27-17(12)10-13)20(26)24-7-5-21-6-8-24/h1-2,9-10,14-16,21-22H,3-8,11H2,(H,23,25)/t14-,15+,16-/m1/s1. The molecular weight excluding hydrogens is 344 g/mol. The number of nitrogens with one attached hydrogen (secondary N) is 3. The van der Waals surface area contributed by atoms with E-state index in [1.807, 2.05) is 6.07 Å². The quantitative estimate of drug-likeness (QED) is 0.755. The van der Waals surface area contributed by atoms with Gasteiger partial charge >= 0.3 is 0 Å². The number of amides is 2. The van der Waals surface area contributed by atoms with Gasteiger partial charge in [-0.25, -0.2) is 0 Å². The van der Waals surface area contributed by atoms with Gasteiger partial charge in [-0.3, -0.25) is 9.59 Å². The number of piperazine rings is 1. The Morgan fingerprint density at radius 2 is 2.00 bits per heavy atom. The number of fused-ring (bicyclic) bond motifs is 3. The van der Waals surface area contributed by atoms with E-state index in [0.29, 0.717) is 42.1 Å². The third kappa shape index (κ3) is 3.11. The average Bonchev–Trinajstić information content (AvgIpc) is 3.42. The van der Waals surface area contributed by atoms with Crippen molar-refractivity contribution < 1.29 is 14.0 Å². The second kappa shape index (κ2) is 6.65. The van der Waals surface area contributed by atoms with Crippen LogP contribution in [0.1, 0.15) is 40.2 Å². The molecule has 3 atom stereocenters. The number of rotatable bonds is 3. The summed E-state index contributed by atoms with van der Waals surface area (Å²) in [4.78, 5) is 27.1. The lowest BCUT2D eigenvalue weighted by molar-refractivity contribution is 0.0706. The normalized spacial score (nSPS) is 27.3. The van der Waals surface area contributed by atoms with Crippen LogP contribution in [0.3, 0.4) is 0 Å². The fourth-order valence-corrected chi connectivity index (χ4v) is 4.54. The molecule has 27 heavy (non-hydrogen) atoms. The molecule has 7 nitrogen and oxygen atoms in total. The van der Waals surface area contributed by atoms with E-state index in [1.165, 1.54) is 6.42 Å². The van der Waals surface area contributed by atoms with Gasteiger partial charge in [0.2, 0.25) is 0 Å². The summed E-state index contributed by atoms with van der Waals surface area (Å²) in [6.45, 7) is 2.96. The van der Waals surface area contributed by atoms with E-state index in [0.717, 1.165) is 31.3 Å². The van der Waals surface area contributed by atoms with E-state index in [9.17, 15) is 9.59 Å². The molecule has 3 fully saturated rings. The Balaban J connectivity index is 1.32. The lowest BCUT2D eigenvalue weighted by atomic mass is 9.95. The molecular formula is C20H24N4O3. The third-order valence-electron chi connectivity index (χ3n) is 6.01. The topological polar surface area (TPSA) is 86.6 Å². The summed E-state index contributed by atoms with van der Waals surface area (Å²) in [6.07, 6.45) is 3.34. The molecule has 3 aliphatic rings. The summed E-state index contributed by atoms with van der Waals surface area (Å²) in [7, 11) is 0. The first-order valence-corrected chi connectivity index (χ1v) is 9.78. The summed E-state index contributed by atoms with van der Waals surface area (Å²) in [5, 5.41) is 10.8. The first kappa shape index (κ1) is 16.8. The van der Waals surface area contributed by atoms with Crippen molar-refractivity contribution in [3.8, 4) is 0 Å². The molecule has 2 amide bonds. The first-order valence-electron chi connectivity index (χ1n) is 9.78. The molecule has 1 aromatic heterocycles. The summed E-state index contributed by atoms with van der Waals surface area (Å²) < 4.78 is 5.79. The van der Waals surface area contributed by atoms with Gasteiger partial charge in [0, 0.05) is 55.3 Å². The van der Waals surface area contributed by atoms with Gasteiger partial charge < -0.3 is 25.3 Å². The van der Waals surface area contributed by atoms with E-state index < -0.39 is 0 Å². The van der Waals surface area contributed by atoms with Gasteiger partial charge in [-0.1, -0.05) is 6.07 Å². The summed E-state index contributed by atoms with van der Waals surface area (Å²) in [6, 6.07) is 8.30. The zero-order valence-corrected chi connectivity index (χ0v) is 15.2. The van der Waals surface area contributed by atoms with Gasteiger partial charge in [-0.05, 0) is 37.5 Å². The zero-order chi connectivity index (χ0) is 18.4. The van der Waals surface area contributed by atoms with Crippen LogP contribution in [0.25, 0.3) is 11.0 Å². The molecule has 0 unspecified atom stereocenters. The lowest BCUT2D eigenvalue weighted by Crippen LogP contribution is -2.46. The predicted octanol–water partition coefficient (Wildman–Crippen LogP) is 1.10. The second-order valence-corrected chi connectivity index (χ2v) is 7.77. The lowest BCUT2D eigenvalue weighted by Gasteiger charge is -2.26. The van der Waals surface area contributed by atoms with E-state index in [-0.39, 0.29) is 17.9 Å². The molecule has 5 rings (SSSR count). The van der Waals surface area contributed by atoms with Crippen molar-refractivity contribution in [1.29, 1.82) is 0 Å². The molecule has 0 spiro atoms. The van der Waals surface area contributed by atoms with Gasteiger partial charge in [-0.15, -0.1) is 0 Å². The van der Waals surface area contributed by atoms with Crippen LogP contribution in [-0.4, -0.2) is 61.0 Å². The number of nitrogens with zero attached hydrogens (tertiary/aromatic N) is 1. The van der Waals surface area contributed by atoms with Crippen LogP contribution in [0.5, 0.6) is 0 Å². The second-order valence-electron chi connectivity index (χ2n) is 7.77. The Morgan fingerprint density at radius 1 is 1.15 bits per heavy atom. The Kier molecular flexibility index (Phi) is 4.13. The minimum Gasteiger partial charge on any atom is -0.451 e. The SMILES string of the molecule is O=C(N[C@@H]1C[C@H]2CC[C@@H]1N2)c1ccc2cc(C(=O)N3CCNCC3)oc2c1. The molecule has 2 bridgehead atoms. The maximum Gasteiger partial charge on any atom is 0.289 e. The van der Waals surface area contributed by atoms with Crippen LogP contribution >= 0.6 is 0 Å². The van der Waals surface area contributed by atoms with Crippen molar-refractivity contribution in [3.05, 3.63) is 35.6 Å². The van der Waals surface area contributed by atoms with Crippen molar-refractivity contribution in [1.82, 2.24) is 20.9 Å². The van der Waals surface area contributed by atoms with Crippen molar-refractivity contribution in [3.63, 3.8) is 0 Å². The van der Waals surface area contributed by atoms with Crippen molar-refractivity contribution >= 4 is 22.8 Å². The zero-order valence-electron chi connectivity index (χ0n) is 15.2. The fourth-order valence-electron chi connectivity index (χ4n) is 4.54. The molecule has 3 N–H and O–H groups in total. The number of hydrogen-bond donors (Lipinski definition) is 3. The highest BCUT2D eigenvalue weighted by Gasteiger charge is 2.39. The summed E-state index contributed by atoms with van der Waals surface area (Å²) in [5.41, 5.74) is 1.15. The van der Waals surface area contributed by atoms with Gasteiger partial charge in [0.1, 0.15) is 5.58 Å². The Morgan fingerprint density at radius 3 is 2.74 bits per heavy atom. The molecule has 3 saturated heterocycles. The summed E-state index contributed by atoms with van der Waals surface area (Å²) >= 11 is 0. The third-order valence-corrected chi connectivity index (χ3v) is 6.01. The van der Waals surface area contributed by atoms with E-state index in [4.69, 9.17) is 4.42 Å². The highest BCUT2D eigenvalue weighted by Crippen LogP contribution is 2.28. The minimum absolute atomic E-state index is 0.0809. The van der Waals surface area contributed by atoms with Crippen molar-refractivity contribution in [2.24, 2.45) is 0 Å². The van der Waals surface area contributed by atoms with Gasteiger partial charge in [0.25, 0.3) is 11.8 Å². The predicted molar refractivity (Wildman–Crippen MR) is 101 cm³/mol. The maximum atomic E-state index is 12.6. The monoisotopic (exact) mass is 368 g/mol. The van der Waals surface area contributed by atoms with Crippen LogP contribution in [0.2, 0.25) is 0 Å². The van der Waals surface area contributed by atoms with Crippen LogP contribution < -0.4 is 16.0 Å². The molecule has 7 heteroatoms. The fraction of sp³-hybridized carbons (Fsp3) is 0.500. The van der Waals surface area contributed by atoms with Crippen molar-refractivity contribution in [2.75, 3.05) is 26.2 Å². The highest BCUT2D eigenvalue weighted by molar-refractivity contribution is 6.00. The molecule has 4 heterocycles. The van der Waals surface area contributed by atoms with Crippen LogP contribution in [0.15, 0.2) is 28.7 Å². The molecule has 1 aromatic carbocycles. The number of benzene rings is 1. The highest BCUT2D eigenvalue weighted by atomic mass is 16.3. The molecule has 142 valence electrons. The van der Waals surface area contributed by atoms with Crippen LogP contribution in [0.4, 0.5) is 0 Å². The number of hydrogen-bond acceptors (Lipinski definition) is 5. The van der Waals surface area contributed by atoms with Crippen molar-refractivity contribution in [2.45, 2.75) is 37.4 Å². The molecule has 0 saturated carbocycles. The molecule has 0 aliphatic carbocycles. The number of carbonyl (C=O) groups is 2. The minimum atomic E-state index is -0.0910. The van der Waals surface area contributed by atoms with E-state index in [2.05, 4.69) is 16.0 Å². The van der Waals surface area contributed by atoms with Gasteiger partial charge in [-0.2, -0.15) is 0 Å². The Labute approximate surface area is 157 Å². The van der Waals surface area contributed by atoms with Gasteiger partial charge in [0.15, 0.2) is 5.76 Å². The summed E-state index contributed by atoms with van der Waals surface area (Å²) in [5.74, 6) is 0.163. The molecule has 0 radical (unpaired) electrons. The Hall–Kier alpha value is -2.38. The Bertz CT molecular complexity index is 886. The van der Waals surface area contributed by atoms with E-state index >= 15 is 0 Å². The number of furan rings is 1. The van der Waals surface area contributed by atoms with Crippen LogP contribution in [0, 0.1) is 0 Å². The first-order chi connectivity index (χ1) is 13.2. The number of carbonyl (C=O) groups excluding carboxylic acids is 2. The molecule has 2 aromatic rings. The average molecular weight is 368 g/mol. The van der Waals surface area contributed by atoms with Gasteiger partial charge in [0.05, 0.1) is 0 Å². The maximum absolute atomic E-state index is 12.6. The smallest absolute Gasteiger partial charge is 0.289 e. The van der Waals surface area contributed by atoms with Crippen LogP contribution in [-0.2, 0) is 0 Å². The largest absolute Gasteiger partial charge is 0.451 e. The molecule has 3 aliphatic heterocycles. The van der Waals surface area contributed by atoms with E-state index in [1.54, 1.807) is 23.1 Å².